The number of hydrogen-bond acceptors (Lipinski definition) is 3. The van der Waals surface area contributed by atoms with E-state index >= 15 is 0 Å². The summed E-state index contributed by atoms with van der Waals surface area (Å²) >= 11 is 0. The summed E-state index contributed by atoms with van der Waals surface area (Å²) in [6, 6.07) is 12.8. The van der Waals surface area contributed by atoms with Crippen LogP contribution < -0.4 is 5.32 Å². The predicted octanol–water partition coefficient (Wildman–Crippen LogP) is 5.85. The topological polar surface area (TPSA) is 59.1 Å². The van der Waals surface area contributed by atoms with Gasteiger partial charge in [-0.25, -0.2) is 4.98 Å². The summed E-state index contributed by atoms with van der Waals surface area (Å²) in [5.41, 5.74) is 3.97. The Morgan fingerprint density at radius 3 is 2.91 bits per heavy atom. The maximum atomic E-state index is 13.1. The van der Waals surface area contributed by atoms with Gasteiger partial charge in [-0.05, 0) is 97.9 Å². The molecule has 1 heterocycles. The highest BCUT2D eigenvalue weighted by atomic mass is 16.1. The lowest BCUT2D eigenvalue weighted by Gasteiger charge is -2.50. The van der Waals surface area contributed by atoms with E-state index in [-0.39, 0.29) is 11.3 Å². The first-order chi connectivity index (χ1) is 15.5. The third-order valence-corrected chi connectivity index (χ3v) is 8.64. The second kappa shape index (κ2) is 8.46. The van der Waals surface area contributed by atoms with E-state index in [4.69, 9.17) is 0 Å². The van der Waals surface area contributed by atoms with Crippen molar-refractivity contribution in [2.24, 2.45) is 23.2 Å². The van der Waals surface area contributed by atoms with Crippen molar-refractivity contribution in [3.8, 4) is 0 Å². The smallest absolute Gasteiger partial charge is 0.225 e. The number of nitrogens with one attached hydrogen (secondary N) is 1. The van der Waals surface area contributed by atoms with Gasteiger partial charge in [0, 0.05) is 24.5 Å². The molecule has 32 heavy (non-hydrogen) atoms. The zero-order valence-electron chi connectivity index (χ0n) is 19.3. The zero-order chi connectivity index (χ0) is 22.3. The summed E-state index contributed by atoms with van der Waals surface area (Å²) in [7, 11) is 0. The second-order valence-corrected chi connectivity index (χ2v) is 10.5. The van der Waals surface area contributed by atoms with E-state index in [0.29, 0.717) is 48.1 Å². The molecular formula is C28H34N2O2. The highest BCUT2D eigenvalue weighted by molar-refractivity contribution is 5.90. The van der Waals surface area contributed by atoms with E-state index in [1.165, 1.54) is 17.5 Å². The lowest BCUT2D eigenvalue weighted by Crippen LogP contribution is -2.44. The standard InChI is InChI=1S/C28H34N2O2/c1-18-13-15-29-25(16-18)30-26(32)9-5-7-20-17-24(31)28(2)14-12-22-21-8-4-3-6-19(21)10-11-23(22)27(20)28/h3-4,6,8,13,15-16,20,22-23,27H,5,7,9-12,14,17H2,1-2H3,(H,29,30,32)/t20-,22?,23?,27?,28-/m1/s1. The molecule has 2 fully saturated rings. The zero-order valence-corrected chi connectivity index (χ0v) is 19.3. The minimum absolute atomic E-state index is 0.0169. The molecule has 1 aromatic carbocycles. The van der Waals surface area contributed by atoms with Crippen LogP contribution in [0.5, 0.6) is 0 Å². The first-order valence-electron chi connectivity index (χ1n) is 12.3. The number of nitrogens with zero attached hydrogens (tertiary/aromatic N) is 1. The lowest BCUT2D eigenvalue weighted by atomic mass is 9.54. The van der Waals surface area contributed by atoms with Crippen LogP contribution in [0.1, 0.15) is 74.5 Å². The maximum Gasteiger partial charge on any atom is 0.225 e. The van der Waals surface area contributed by atoms with Crippen molar-refractivity contribution in [2.45, 2.75) is 71.1 Å². The predicted molar refractivity (Wildman–Crippen MR) is 126 cm³/mol. The molecule has 3 aliphatic carbocycles. The normalized spacial score (nSPS) is 30.9. The van der Waals surface area contributed by atoms with Gasteiger partial charge in [-0.3, -0.25) is 9.59 Å². The molecule has 0 bridgehead atoms. The number of carbonyl (C=O) groups is 2. The third kappa shape index (κ3) is 3.78. The van der Waals surface area contributed by atoms with Crippen LogP contribution in [0.3, 0.4) is 0 Å². The summed E-state index contributed by atoms with van der Waals surface area (Å²) < 4.78 is 0. The molecule has 1 N–H and O–H groups in total. The van der Waals surface area contributed by atoms with E-state index in [1.807, 2.05) is 19.1 Å². The van der Waals surface area contributed by atoms with Crippen LogP contribution in [0, 0.1) is 30.1 Å². The molecule has 0 saturated heterocycles. The Kier molecular flexibility index (Phi) is 5.65. The molecule has 1 amide bonds. The molecular weight excluding hydrogens is 396 g/mol. The van der Waals surface area contributed by atoms with E-state index < -0.39 is 0 Å². The molecule has 3 unspecified atom stereocenters. The van der Waals surface area contributed by atoms with E-state index in [9.17, 15) is 9.59 Å². The van der Waals surface area contributed by atoms with E-state index in [1.54, 1.807) is 6.20 Å². The minimum Gasteiger partial charge on any atom is -0.311 e. The molecule has 5 rings (SSSR count). The number of benzene rings is 1. The quantitative estimate of drug-likeness (QED) is 0.647. The van der Waals surface area contributed by atoms with Crippen LogP contribution in [0.4, 0.5) is 5.82 Å². The van der Waals surface area contributed by atoms with Gasteiger partial charge in [0.2, 0.25) is 5.91 Å². The number of ketones is 1. The number of fused-ring (bicyclic) bond motifs is 5. The van der Waals surface area contributed by atoms with Crippen molar-refractivity contribution in [1.82, 2.24) is 4.98 Å². The van der Waals surface area contributed by atoms with Gasteiger partial charge in [-0.15, -0.1) is 0 Å². The molecule has 1 aromatic heterocycles. The molecule has 5 atom stereocenters. The van der Waals surface area contributed by atoms with Crippen LogP contribution >= 0.6 is 0 Å². The van der Waals surface area contributed by atoms with Crippen LogP contribution in [-0.4, -0.2) is 16.7 Å². The highest BCUT2D eigenvalue weighted by Crippen LogP contribution is 2.62. The van der Waals surface area contributed by atoms with Crippen LogP contribution in [0.2, 0.25) is 0 Å². The molecule has 168 valence electrons. The average Bonchev–Trinajstić information content (AvgIpc) is 3.03. The average molecular weight is 431 g/mol. The monoisotopic (exact) mass is 430 g/mol. The van der Waals surface area contributed by atoms with Crippen molar-refractivity contribution in [2.75, 3.05) is 5.32 Å². The number of aromatic nitrogens is 1. The number of carbonyl (C=O) groups excluding carboxylic acids is 2. The van der Waals surface area contributed by atoms with Crippen molar-refractivity contribution < 1.29 is 9.59 Å². The van der Waals surface area contributed by atoms with Crippen LogP contribution in [-0.2, 0) is 16.0 Å². The first-order valence-corrected chi connectivity index (χ1v) is 12.3. The van der Waals surface area contributed by atoms with Crippen molar-refractivity contribution in [3.05, 3.63) is 59.3 Å². The molecule has 0 aliphatic heterocycles. The second-order valence-electron chi connectivity index (χ2n) is 10.5. The van der Waals surface area contributed by atoms with Crippen molar-refractivity contribution >= 4 is 17.5 Å². The number of rotatable bonds is 5. The largest absolute Gasteiger partial charge is 0.311 e. The van der Waals surface area contributed by atoms with Gasteiger partial charge in [0.15, 0.2) is 0 Å². The van der Waals surface area contributed by atoms with Gasteiger partial charge in [0.05, 0.1) is 0 Å². The number of Topliss-reactive ketones (excluding diaryl/α,β-unsaturated/α-hetero) is 1. The molecule has 2 saturated carbocycles. The highest BCUT2D eigenvalue weighted by Gasteiger charge is 2.58. The first kappa shape index (κ1) is 21.4. The summed E-state index contributed by atoms with van der Waals surface area (Å²) in [6.07, 6.45) is 9.19. The Labute approximate surface area is 191 Å². The number of anilines is 1. The lowest BCUT2D eigenvalue weighted by molar-refractivity contribution is -0.129. The Morgan fingerprint density at radius 2 is 2.06 bits per heavy atom. The van der Waals surface area contributed by atoms with Gasteiger partial charge in [-0.1, -0.05) is 31.2 Å². The van der Waals surface area contributed by atoms with Gasteiger partial charge in [0.25, 0.3) is 0 Å². The van der Waals surface area contributed by atoms with Gasteiger partial charge in [0.1, 0.15) is 11.6 Å². The fourth-order valence-corrected chi connectivity index (χ4v) is 7.18. The van der Waals surface area contributed by atoms with Crippen molar-refractivity contribution in [3.63, 3.8) is 0 Å². The Balaban J connectivity index is 1.26. The third-order valence-electron chi connectivity index (χ3n) is 8.64. The fourth-order valence-electron chi connectivity index (χ4n) is 7.18. The number of aryl methyl sites for hydroxylation is 2. The fraction of sp³-hybridized carbons (Fsp3) is 0.536. The summed E-state index contributed by atoms with van der Waals surface area (Å²) in [4.78, 5) is 29.8. The number of pyridine rings is 1. The van der Waals surface area contributed by atoms with Gasteiger partial charge >= 0.3 is 0 Å². The summed E-state index contributed by atoms with van der Waals surface area (Å²) in [6.45, 7) is 4.24. The Bertz CT molecular complexity index is 1030. The summed E-state index contributed by atoms with van der Waals surface area (Å²) in [5.74, 6) is 3.18. The minimum atomic E-state index is -0.161. The van der Waals surface area contributed by atoms with Gasteiger partial charge in [-0.2, -0.15) is 0 Å². The molecule has 2 aromatic rings. The number of amides is 1. The van der Waals surface area contributed by atoms with Crippen LogP contribution in [0.15, 0.2) is 42.6 Å². The van der Waals surface area contributed by atoms with Crippen LogP contribution in [0.25, 0.3) is 0 Å². The maximum absolute atomic E-state index is 13.1. The van der Waals surface area contributed by atoms with Crippen molar-refractivity contribution in [1.29, 1.82) is 0 Å². The molecule has 4 heteroatoms. The van der Waals surface area contributed by atoms with E-state index in [2.05, 4.69) is 41.5 Å². The SMILES string of the molecule is Cc1ccnc(NC(=O)CCC[C@@H]2CC(=O)[C@@]3(C)CCC4c5ccccc5CCC4C23)c1. The van der Waals surface area contributed by atoms with E-state index in [0.717, 1.165) is 37.7 Å². The molecule has 4 nitrogen and oxygen atoms in total. The molecule has 0 radical (unpaired) electrons. The Hall–Kier alpha value is -2.49. The number of hydrogen-bond donors (Lipinski definition) is 1. The van der Waals surface area contributed by atoms with Gasteiger partial charge < -0.3 is 5.32 Å². The summed E-state index contributed by atoms with van der Waals surface area (Å²) in [5, 5.41) is 2.92. The molecule has 3 aliphatic rings. The Morgan fingerprint density at radius 1 is 1.22 bits per heavy atom. The molecule has 0 spiro atoms.